The van der Waals surface area contributed by atoms with E-state index in [1.54, 1.807) is 26.5 Å². The number of benzene rings is 1. The summed E-state index contributed by atoms with van der Waals surface area (Å²) in [5.41, 5.74) is 3.39. The van der Waals surface area contributed by atoms with Crippen molar-refractivity contribution < 1.29 is 22.6 Å². The standard InChI is InChI=1S/C27H33F3N4O2/c1-32-9-8-21-20-5-4-18(14-23(20)34(27(29)30)24(21)16-32)19-13-22(28)26(31-15-19)33-10-6-17(7-11-33)12-25(35-2)36-3/h4-5,13-15,17,25,27H,6-12,16H2,1-3H3. The Kier molecular flexibility index (Phi) is 7.23. The van der Waals surface area contributed by atoms with E-state index in [2.05, 4.69) is 9.88 Å². The van der Waals surface area contributed by atoms with Crippen molar-refractivity contribution in [1.82, 2.24) is 14.5 Å². The van der Waals surface area contributed by atoms with Crippen LogP contribution in [0.4, 0.5) is 19.0 Å². The van der Waals surface area contributed by atoms with Crippen molar-refractivity contribution >= 4 is 16.7 Å². The molecule has 2 aliphatic rings. The van der Waals surface area contributed by atoms with E-state index in [1.807, 2.05) is 24.1 Å². The third-order valence-electron chi connectivity index (χ3n) is 7.70. The number of ether oxygens (including phenoxy) is 2. The molecule has 1 saturated heterocycles. The van der Waals surface area contributed by atoms with E-state index in [4.69, 9.17) is 9.47 Å². The summed E-state index contributed by atoms with van der Waals surface area (Å²) < 4.78 is 55.1. The molecule has 0 atom stereocenters. The number of hydrogen-bond acceptors (Lipinski definition) is 5. The molecule has 5 rings (SSSR count). The van der Waals surface area contributed by atoms with Crippen LogP contribution in [0.1, 0.15) is 37.1 Å². The first-order chi connectivity index (χ1) is 17.4. The molecule has 0 bridgehead atoms. The van der Waals surface area contributed by atoms with Crippen molar-refractivity contribution in [3.8, 4) is 11.1 Å². The van der Waals surface area contributed by atoms with E-state index >= 15 is 4.39 Å². The number of aromatic nitrogens is 2. The first-order valence-corrected chi connectivity index (χ1v) is 12.5. The summed E-state index contributed by atoms with van der Waals surface area (Å²) in [6.07, 6.45) is 4.80. The van der Waals surface area contributed by atoms with Crippen molar-refractivity contribution in [3.05, 3.63) is 47.5 Å². The number of anilines is 1. The summed E-state index contributed by atoms with van der Waals surface area (Å²) in [7, 11) is 5.22. The quantitative estimate of drug-likeness (QED) is 0.402. The van der Waals surface area contributed by atoms with Crippen molar-refractivity contribution in [3.63, 3.8) is 0 Å². The molecule has 0 aliphatic carbocycles. The Balaban J connectivity index is 1.38. The zero-order valence-electron chi connectivity index (χ0n) is 21.0. The smallest absolute Gasteiger partial charge is 0.319 e. The van der Waals surface area contributed by atoms with Crippen LogP contribution < -0.4 is 4.90 Å². The van der Waals surface area contributed by atoms with Crippen LogP contribution in [-0.4, -0.2) is 61.6 Å². The van der Waals surface area contributed by atoms with E-state index in [9.17, 15) is 8.78 Å². The van der Waals surface area contributed by atoms with Gasteiger partial charge in [-0.1, -0.05) is 12.1 Å². The van der Waals surface area contributed by atoms with Gasteiger partial charge in [0.2, 0.25) is 0 Å². The number of hydrogen-bond donors (Lipinski definition) is 0. The first-order valence-electron chi connectivity index (χ1n) is 12.5. The molecular weight excluding hydrogens is 469 g/mol. The number of piperidine rings is 1. The maximum atomic E-state index is 15.2. The molecule has 2 aliphatic heterocycles. The summed E-state index contributed by atoms with van der Waals surface area (Å²) in [6.45, 7) is 0.109. The number of halogens is 3. The number of pyridine rings is 1. The van der Waals surface area contributed by atoms with E-state index in [0.717, 1.165) is 47.7 Å². The second-order valence-electron chi connectivity index (χ2n) is 9.89. The Morgan fingerprint density at radius 2 is 1.81 bits per heavy atom. The van der Waals surface area contributed by atoms with Gasteiger partial charge >= 0.3 is 6.55 Å². The molecule has 36 heavy (non-hydrogen) atoms. The summed E-state index contributed by atoms with van der Waals surface area (Å²) in [5.74, 6) is 0.391. The molecule has 2 aromatic heterocycles. The molecule has 3 aromatic rings. The molecule has 0 saturated carbocycles. The van der Waals surface area contributed by atoms with Gasteiger partial charge in [0.1, 0.15) is 0 Å². The van der Waals surface area contributed by atoms with Crippen molar-refractivity contribution in [2.45, 2.75) is 45.1 Å². The number of alkyl halides is 2. The Labute approximate surface area is 209 Å². The molecule has 1 fully saturated rings. The van der Waals surface area contributed by atoms with Crippen LogP contribution >= 0.6 is 0 Å². The van der Waals surface area contributed by atoms with Crippen molar-refractivity contribution in [1.29, 1.82) is 0 Å². The SMILES string of the molecule is COC(CC1CCN(c2ncc(-c3ccc4c5c(n(C(F)F)c4c3)CN(C)CC5)cc2F)CC1)OC. The van der Waals surface area contributed by atoms with Crippen molar-refractivity contribution in [2.75, 3.05) is 45.8 Å². The molecule has 0 amide bonds. The highest BCUT2D eigenvalue weighted by atomic mass is 19.3. The molecule has 6 nitrogen and oxygen atoms in total. The lowest BCUT2D eigenvalue weighted by molar-refractivity contribution is -0.115. The predicted molar refractivity (Wildman–Crippen MR) is 134 cm³/mol. The lowest BCUT2D eigenvalue weighted by atomic mass is 9.93. The van der Waals surface area contributed by atoms with Gasteiger partial charge in [-0.05, 0) is 55.5 Å². The predicted octanol–water partition coefficient (Wildman–Crippen LogP) is 5.45. The van der Waals surface area contributed by atoms with Gasteiger partial charge in [-0.15, -0.1) is 0 Å². The lowest BCUT2D eigenvalue weighted by Gasteiger charge is -2.34. The highest BCUT2D eigenvalue weighted by Gasteiger charge is 2.27. The van der Waals surface area contributed by atoms with E-state index in [1.165, 1.54) is 6.07 Å². The molecule has 0 spiro atoms. The van der Waals surface area contributed by atoms with E-state index in [-0.39, 0.29) is 6.29 Å². The van der Waals surface area contributed by atoms with Gasteiger partial charge in [-0.2, -0.15) is 8.78 Å². The monoisotopic (exact) mass is 502 g/mol. The van der Waals surface area contributed by atoms with Gasteiger partial charge in [0, 0.05) is 69.7 Å². The molecule has 0 radical (unpaired) electrons. The third-order valence-corrected chi connectivity index (χ3v) is 7.70. The number of methoxy groups -OCH3 is 2. The minimum absolute atomic E-state index is 0.217. The molecule has 194 valence electrons. The van der Waals surface area contributed by atoms with Crippen LogP contribution in [0.25, 0.3) is 22.0 Å². The number of nitrogens with zero attached hydrogens (tertiary/aromatic N) is 4. The molecular formula is C27H33F3N4O2. The zero-order valence-corrected chi connectivity index (χ0v) is 21.0. The maximum Gasteiger partial charge on any atom is 0.319 e. The summed E-state index contributed by atoms with van der Waals surface area (Å²) in [6, 6.07) is 6.96. The first kappa shape index (κ1) is 25.0. The lowest BCUT2D eigenvalue weighted by Crippen LogP contribution is -2.36. The van der Waals surface area contributed by atoms with Gasteiger partial charge in [0.15, 0.2) is 17.9 Å². The Bertz CT molecular complexity index is 1220. The van der Waals surface area contributed by atoms with Crippen LogP contribution in [-0.2, 0) is 22.4 Å². The van der Waals surface area contributed by atoms with Gasteiger partial charge in [-0.3, -0.25) is 4.57 Å². The molecule has 1 aromatic carbocycles. The highest BCUT2D eigenvalue weighted by molar-refractivity contribution is 5.90. The fourth-order valence-electron chi connectivity index (χ4n) is 5.69. The number of rotatable bonds is 7. The van der Waals surface area contributed by atoms with Crippen LogP contribution in [0.3, 0.4) is 0 Å². The Morgan fingerprint density at radius 1 is 1.06 bits per heavy atom. The van der Waals surface area contributed by atoms with E-state index in [0.29, 0.717) is 53.7 Å². The summed E-state index contributed by atoms with van der Waals surface area (Å²) in [5, 5.41) is 0.847. The second kappa shape index (κ2) is 10.4. The molecule has 0 unspecified atom stereocenters. The summed E-state index contributed by atoms with van der Waals surface area (Å²) >= 11 is 0. The average molecular weight is 503 g/mol. The van der Waals surface area contributed by atoms with Crippen LogP contribution in [0.2, 0.25) is 0 Å². The second-order valence-corrected chi connectivity index (χ2v) is 9.89. The molecule has 9 heteroatoms. The fraction of sp³-hybridized carbons (Fsp3) is 0.519. The van der Waals surface area contributed by atoms with Crippen molar-refractivity contribution in [2.24, 2.45) is 5.92 Å². The van der Waals surface area contributed by atoms with Crippen LogP contribution in [0.5, 0.6) is 0 Å². The highest BCUT2D eigenvalue weighted by Crippen LogP contribution is 2.37. The topological polar surface area (TPSA) is 42.8 Å². The normalized spacial score (nSPS) is 17.5. The largest absolute Gasteiger partial charge is 0.356 e. The number of likely N-dealkylation sites (N-methyl/N-ethyl adjacent to an activating group) is 1. The van der Waals surface area contributed by atoms with Gasteiger partial charge in [-0.25, -0.2) is 9.37 Å². The zero-order chi connectivity index (χ0) is 25.4. The van der Waals surface area contributed by atoms with Crippen LogP contribution in [0.15, 0.2) is 30.5 Å². The number of fused-ring (bicyclic) bond motifs is 3. The summed E-state index contributed by atoms with van der Waals surface area (Å²) in [4.78, 5) is 8.47. The third kappa shape index (κ3) is 4.71. The Hall–Kier alpha value is -2.62. The maximum absolute atomic E-state index is 15.2. The minimum atomic E-state index is -2.64. The Morgan fingerprint density at radius 3 is 2.47 bits per heavy atom. The fourth-order valence-corrected chi connectivity index (χ4v) is 5.69. The van der Waals surface area contributed by atoms with Gasteiger partial charge in [0.25, 0.3) is 0 Å². The van der Waals surface area contributed by atoms with Gasteiger partial charge in [0.05, 0.1) is 5.52 Å². The van der Waals surface area contributed by atoms with Gasteiger partial charge < -0.3 is 19.3 Å². The van der Waals surface area contributed by atoms with Crippen LogP contribution in [0, 0.1) is 11.7 Å². The van der Waals surface area contributed by atoms with E-state index < -0.39 is 12.4 Å². The molecule has 0 N–H and O–H groups in total. The molecule has 4 heterocycles. The average Bonchev–Trinajstić information content (AvgIpc) is 3.20. The minimum Gasteiger partial charge on any atom is -0.356 e.